The van der Waals surface area contributed by atoms with Crippen molar-refractivity contribution in [2.24, 2.45) is 0 Å². The van der Waals surface area contributed by atoms with Gasteiger partial charge >= 0.3 is 29.3 Å². The van der Waals surface area contributed by atoms with Crippen molar-refractivity contribution < 1.29 is 60.5 Å². The molecule has 0 spiro atoms. The van der Waals surface area contributed by atoms with Crippen LogP contribution in [0.4, 0.5) is 0 Å². The molecule has 0 aromatic heterocycles. The molecule has 1 aliphatic carbocycles. The maximum atomic E-state index is 13.0. The molecule has 0 aliphatic heterocycles. The normalized spacial score (nSPS) is 17.0. The SMILES string of the molecule is C[Si](C)C1=Cc2ccccc2C1OP(=O)(O)c1cc2ccccc2[cH-]1.[Cl-].[Cl-].[Ti+3]. The average molecular weight is 485 g/mol. The first-order valence-electron chi connectivity index (χ1n) is 8.24. The van der Waals surface area contributed by atoms with E-state index in [-0.39, 0.29) is 46.5 Å². The Morgan fingerprint density at radius 2 is 1.71 bits per heavy atom. The fraction of sp³-hybridized carbons (Fsp3) is 0.150. The Kier molecular flexibility index (Phi) is 9.08. The Labute approximate surface area is 194 Å². The van der Waals surface area contributed by atoms with E-state index in [1.165, 1.54) is 0 Å². The van der Waals surface area contributed by atoms with Crippen LogP contribution in [0.5, 0.6) is 0 Å². The summed E-state index contributed by atoms with van der Waals surface area (Å²) < 4.78 is 18.9. The van der Waals surface area contributed by atoms with Crippen molar-refractivity contribution in [2.45, 2.75) is 19.2 Å². The minimum Gasteiger partial charge on any atom is -1.00 e. The van der Waals surface area contributed by atoms with E-state index < -0.39 is 22.5 Å². The van der Waals surface area contributed by atoms with Gasteiger partial charge in [-0.1, -0.05) is 49.5 Å². The number of halogens is 2. The van der Waals surface area contributed by atoms with Crippen LogP contribution in [0, 0.1) is 0 Å². The van der Waals surface area contributed by atoms with Crippen molar-refractivity contribution in [2.75, 3.05) is 0 Å². The molecule has 144 valence electrons. The van der Waals surface area contributed by atoms with Gasteiger partial charge in [-0.25, -0.2) is 0 Å². The number of fused-ring (bicyclic) bond motifs is 2. The number of benzene rings is 2. The van der Waals surface area contributed by atoms with Gasteiger partial charge in [0.25, 0.3) is 0 Å². The predicted molar refractivity (Wildman–Crippen MR) is 105 cm³/mol. The largest absolute Gasteiger partial charge is 3.00 e. The van der Waals surface area contributed by atoms with E-state index in [4.69, 9.17) is 4.52 Å². The Morgan fingerprint density at radius 3 is 2.39 bits per heavy atom. The van der Waals surface area contributed by atoms with Gasteiger partial charge in [-0.05, 0) is 21.6 Å². The first-order chi connectivity index (χ1) is 12.0. The fourth-order valence-electron chi connectivity index (χ4n) is 3.31. The zero-order valence-corrected chi connectivity index (χ0v) is 20.4. The van der Waals surface area contributed by atoms with Crippen molar-refractivity contribution in [1.82, 2.24) is 0 Å². The Morgan fingerprint density at radius 1 is 1.07 bits per heavy atom. The number of hydrogen-bond donors (Lipinski definition) is 1. The zero-order chi connectivity index (χ0) is 17.6. The van der Waals surface area contributed by atoms with Gasteiger partial charge < -0.3 is 29.7 Å². The molecule has 8 heteroatoms. The Hall–Kier alpha value is -0.549. The van der Waals surface area contributed by atoms with Gasteiger partial charge in [0, 0.05) is 0 Å². The van der Waals surface area contributed by atoms with E-state index >= 15 is 0 Å². The van der Waals surface area contributed by atoms with Gasteiger partial charge in [0.1, 0.15) is 6.10 Å². The molecule has 2 unspecified atom stereocenters. The summed E-state index contributed by atoms with van der Waals surface area (Å²) in [4.78, 5) is 10.7. The molecule has 4 rings (SSSR count). The second-order valence-electron chi connectivity index (χ2n) is 6.58. The van der Waals surface area contributed by atoms with Crippen LogP contribution in [-0.2, 0) is 30.8 Å². The quantitative estimate of drug-likeness (QED) is 0.288. The van der Waals surface area contributed by atoms with Crippen LogP contribution in [0.15, 0.2) is 65.9 Å². The topological polar surface area (TPSA) is 46.5 Å². The van der Waals surface area contributed by atoms with Crippen molar-refractivity contribution in [3.63, 3.8) is 0 Å². The summed E-state index contributed by atoms with van der Waals surface area (Å²) in [6.07, 6.45) is 1.68. The number of rotatable bonds is 4. The second-order valence-corrected chi connectivity index (χ2v) is 10.9. The van der Waals surface area contributed by atoms with Gasteiger partial charge in [-0.2, -0.15) is 6.07 Å². The van der Waals surface area contributed by atoms with Crippen LogP contribution >= 0.6 is 7.60 Å². The minimum absolute atomic E-state index is 0. The van der Waals surface area contributed by atoms with Crippen molar-refractivity contribution >= 4 is 38.5 Å². The third kappa shape index (κ3) is 4.77. The van der Waals surface area contributed by atoms with Crippen LogP contribution in [-0.4, -0.2) is 13.7 Å². The predicted octanol–water partition coefficient (Wildman–Crippen LogP) is -1.18. The van der Waals surface area contributed by atoms with Crippen LogP contribution in [0.1, 0.15) is 17.2 Å². The summed E-state index contributed by atoms with van der Waals surface area (Å²) in [7, 11) is -4.72. The monoisotopic (exact) mass is 484 g/mol. The summed E-state index contributed by atoms with van der Waals surface area (Å²) in [5.74, 6) is 0. The summed E-state index contributed by atoms with van der Waals surface area (Å²) in [5, 5.41) is 3.40. The summed E-state index contributed by atoms with van der Waals surface area (Å²) in [5.41, 5.74) is 2.07. The molecule has 0 saturated heterocycles. The second kappa shape index (κ2) is 9.97. The molecule has 28 heavy (non-hydrogen) atoms. The average Bonchev–Trinajstić information content (AvgIpc) is 3.17. The first kappa shape index (κ1) is 25.5. The Balaban J connectivity index is 0.00000131. The van der Waals surface area contributed by atoms with E-state index in [0.29, 0.717) is 5.30 Å². The fourth-order valence-corrected chi connectivity index (χ4v) is 5.83. The van der Waals surface area contributed by atoms with Crippen LogP contribution < -0.4 is 30.1 Å². The minimum atomic E-state index is -3.92. The molecule has 3 aromatic rings. The van der Waals surface area contributed by atoms with E-state index in [2.05, 4.69) is 19.2 Å². The molecular formula is C20H19Cl2O3PSiTi. The van der Waals surface area contributed by atoms with Gasteiger partial charge in [0.2, 0.25) is 0 Å². The molecule has 3 nitrogen and oxygen atoms in total. The van der Waals surface area contributed by atoms with E-state index in [1.807, 2.05) is 48.5 Å². The van der Waals surface area contributed by atoms with Gasteiger partial charge in [-0.3, -0.25) is 9.09 Å². The maximum Gasteiger partial charge on any atom is 3.00 e. The zero-order valence-electron chi connectivity index (χ0n) is 15.4. The van der Waals surface area contributed by atoms with E-state index in [1.54, 1.807) is 12.1 Å². The summed E-state index contributed by atoms with van der Waals surface area (Å²) in [6, 6.07) is 19.2. The van der Waals surface area contributed by atoms with Gasteiger partial charge in [-0.15, -0.1) is 35.0 Å². The third-order valence-electron chi connectivity index (χ3n) is 4.63. The van der Waals surface area contributed by atoms with Gasteiger partial charge in [0.15, 0.2) is 0 Å². The molecule has 1 N–H and O–H groups in total. The third-order valence-corrected chi connectivity index (χ3v) is 7.60. The molecule has 2 atom stereocenters. The van der Waals surface area contributed by atoms with Crippen LogP contribution in [0.2, 0.25) is 13.1 Å². The van der Waals surface area contributed by atoms with Crippen molar-refractivity contribution in [1.29, 1.82) is 0 Å². The van der Waals surface area contributed by atoms with Crippen LogP contribution in [0.25, 0.3) is 16.8 Å². The first-order valence-corrected chi connectivity index (χ1v) is 12.3. The maximum absolute atomic E-state index is 13.0. The molecular weight excluding hydrogens is 466 g/mol. The summed E-state index contributed by atoms with van der Waals surface area (Å²) >= 11 is 0. The number of hydrogen-bond acceptors (Lipinski definition) is 2. The van der Waals surface area contributed by atoms with Crippen molar-refractivity contribution in [3.05, 3.63) is 77.0 Å². The summed E-state index contributed by atoms with van der Waals surface area (Å²) in [6.45, 7) is 4.36. The molecule has 0 amide bonds. The molecule has 0 fully saturated rings. The molecule has 2 radical (unpaired) electrons. The van der Waals surface area contributed by atoms with E-state index in [9.17, 15) is 9.46 Å². The standard InChI is InChI=1S/C20H19O3PSi.2ClH.Ti/c1-25(2)19-13-16-9-5-6-10-18(16)20(19)23-24(21,22)17-11-14-7-3-4-8-15(14)12-17;;;/h3-13,20H,1-2H3,(H,21,22);2*1H;/q-1;;;+3/p-2. The van der Waals surface area contributed by atoms with E-state index in [0.717, 1.165) is 27.1 Å². The molecule has 1 aliphatic rings. The molecule has 3 aromatic carbocycles. The smallest absolute Gasteiger partial charge is 1.00 e. The van der Waals surface area contributed by atoms with Crippen LogP contribution in [0.3, 0.4) is 0 Å². The van der Waals surface area contributed by atoms with Crippen molar-refractivity contribution in [3.8, 4) is 0 Å². The Bertz CT molecular complexity index is 1000. The molecule has 0 saturated carbocycles. The van der Waals surface area contributed by atoms with Gasteiger partial charge in [0.05, 0.1) is 8.80 Å². The molecule has 0 heterocycles. The molecule has 0 bridgehead atoms.